The highest BCUT2D eigenvalue weighted by Gasteiger charge is 2.43. The molecule has 1 amide bonds. The zero-order chi connectivity index (χ0) is 17.6. The smallest absolute Gasteiger partial charge is 0.395 e. The molecule has 5 nitrogen and oxygen atoms in total. The molecule has 0 unspecified atom stereocenters. The first-order valence-corrected chi connectivity index (χ1v) is 7.95. The van der Waals surface area contributed by atoms with Crippen molar-refractivity contribution in [2.24, 2.45) is 0 Å². The molecule has 0 fully saturated rings. The van der Waals surface area contributed by atoms with Crippen molar-refractivity contribution in [1.29, 1.82) is 0 Å². The van der Waals surface area contributed by atoms with E-state index < -0.39 is 6.29 Å². The number of rotatable bonds is 3. The van der Waals surface area contributed by atoms with E-state index in [-0.39, 0.29) is 30.0 Å². The molecule has 0 spiro atoms. The Hall–Kier alpha value is -2.83. The SMILES string of the molecule is C[C@@H]1Cc2ccccc2N1CC(=O)Nc1ccc2c(c1)OC(F)(F)O2. The lowest BCUT2D eigenvalue weighted by Crippen LogP contribution is -2.37. The van der Waals surface area contributed by atoms with Gasteiger partial charge in [-0.2, -0.15) is 0 Å². The highest BCUT2D eigenvalue weighted by Crippen LogP contribution is 2.42. The minimum absolute atomic E-state index is 0.0508. The molecule has 25 heavy (non-hydrogen) atoms. The monoisotopic (exact) mass is 346 g/mol. The predicted octanol–water partition coefficient (Wildman–Crippen LogP) is 3.40. The van der Waals surface area contributed by atoms with E-state index in [1.807, 2.05) is 23.1 Å². The quantitative estimate of drug-likeness (QED) is 0.926. The van der Waals surface area contributed by atoms with Crippen LogP contribution in [-0.2, 0) is 11.2 Å². The van der Waals surface area contributed by atoms with Crippen molar-refractivity contribution in [1.82, 2.24) is 0 Å². The molecule has 0 saturated heterocycles. The first-order chi connectivity index (χ1) is 11.9. The second-order valence-electron chi connectivity index (χ2n) is 6.19. The Balaban J connectivity index is 1.45. The highest BCUT2D eigenvalue weighted by molar-refractivity contribution is 5.94. The lowest BCUT2D eigenvalue weighted by Gasteiger charge is -2.24. The molecule has 0 bridgehead atoms. The van der Waals surface area contributed by atoms with Crippen LogP contribution in [0.2, 0.25) is 0 Å². The summed E-state index contributed by atoms with van der Waals surface area (Å²) < 4.78 is 34.8. The number of para-hydroxylation sites is 1. The van der Waals surface area contributed by atoms with Gasteiger partial charge in [-0.05, 0) is 37.1 Å². The van der Waals surface area contributed by atoms with Crippen LogP contribution >= 0.6 is 0 Å². The van der Waals surface area contributed by atoms with E-state index in [0.717, 1.165) is 12.1 Å². The lowest BCUT2D eigenvalue weighted by atomic mass is 10.1. The minimum Gasteiger partial charge on any atom is -0.395 e. The van der Waals surface area contributed by atoms with E-state index in [1.54, 1.807) is 0 Å². The standard InChI is InChI=1S/C18H16F2N2O3/c1-11-8-12-4-2-3-5-14(12)22(11)10-17(23)21-13-6-7-15-16(9-13)25-18(19,20)24-15/h2-7,9,11H,8,10H2,1H3,(H,21,23)/t11-/m1/s1. The van der Waals surface area contributed by atoms with Crippen molar-refractivity contribution in [3.8, 4) is 11.5 Å². The normalized spacial score (nSPS) is 19.6. The summed E-state index contributed by atoms with van der Waals surface area (Å²) in [6, 6.07) is 12.4. The number of carbonyl (C=O) groups excluding carboxylic acids is 1. The van der Waals surface area contributed by atoms with E-state index in [4.69, 9.17) is 0 Å². The zero-order valence-electron chi connectivity index (χ0n) is 13.5. The van der Waals surface area contributed by atoms with E-state index in [2.05, 4.69) is 27.8 Å². The third-order valence-electron chi connectivity index (χ3n) is 4.35. The van der Waals surface area contributed by atoms with Crippen molar-refractivity contribution in [2.45, 2.75) is 25.7 Å². The number of alkyl halides is 2. The largest absolute Gasteiger partial charge is 0.586 e. The summed E-state index contributed by atoms with van der Waals surface area (Å²) >= 11 is 0. The Kier molecular flexibility index (Phi) is 3.52. The van der Waals surface area contributed by atoms with Crippen LogP contribution in [0.3, 0.4) is 0 Å². The maximum absolute atomic E-state index is 13.0. The minimum atomic E-state index is -3.67. The Bertz CT molecular complexity index is 841. The van der Waals surface area contributed by atoms with Gasteiger partial charge in [0.25, 0.3) is 0 Å². The molecule has 1 N–H and O–H groups in total. The van der Waals surface area contributed by atoms with Crippen LogP contribution in [0, 0.1) is 0 Å². The van der Waals surface area contributed by atoms with Gasteiger partial charge < -0.3 is 19.7 Å². The van der Waals surface area contributed by atoms with Crippen LogP contribution in [-0.4, -0.2) is 24.8 Å². The summed E-state index contributed by atoms with van der Waals surface area (Å²) in [4.78, 5) is 14.4. The third kappa shape index (κ3) is 2.97. The number of benzene rings is 2. The molecule has 0 radical (unpaired) electrons. The van der Waals surface area contributed by atoms with Crippen LogP contribution in [0.5, 0.6) is 11.5 Å². The van der Waals surface area contributed by atoms with Gasteiger partial charge in [0.05, 0.1) is 6.54 Å². The molecule has 4 rings (SSSR count). The second kappa shape index (κ2) is 5.61. The molecule has 2 heterocycles. The second-order valence-corrected chi connectivity index (χ2v) is 6.19. The number of hydrogen-bond acceptors (Lipinski definition) is 4. The van der Waals surface area contributed by atoms with Crippen molar-refractivity contribution >= 4 is 17.3 Å². The number of fused-ring (bicyclic) bond motifs is 2. The van der Waals surface area contributed by atoms with E-state index in [0.29, 0.717) is 5.69 Å². The Morgan fingerprint density at radius 2 is 2.00 bits per heavy atom. The number of carbonyl (C=O) groups is 1. The highest BCUT2D eigenvalue weighted by atomic mass is 19.3. The summed E-state index contributed by atoms with van der Waals surface area (Å²) in [6.07, 6.45) is -2.78. The topological polar surface area (TPSA) is 50.8 Å². The number of amides is 1. The van der Waals surface area contributed by atoms with Crippen molar-refractivity contribution < 1.29 is 23.0 Å². The average molecular weight is 346 g/mol. The van der Waals surface area contributed by atoms with Crippen LogP contribution < -0.4 is 19.7 Å². The predicted molar refractivity (Wildman–Crippen MR) is 88.2 cm³/mol. The molecule has 0 aromatic heterocycles. The van der Waals surface area contributed by atoms with Crippen LogP contribution in [0.4, 0.5) is 20.2 Å². The van der Waals surface area contributed by atoms with E-state index in [1.165, 1.54) is 23.8 Å². The van der Waals surface area contributed by atoms with Crippen LogP contribution in [0.1, 0.15) is 12.5 Å². The molecule has 1 atom stereocenters. The van der Waals surface area contributed by atoms with Crippen LogP contribution in [0.25, 0.3) is 0 Å². The molecule has 2 aliphatic heterocycles. The maximum Gasteiger partial charge on any atom is 0.586 e. The van der Waals surface area contributed by atoms with Gasteiger partial charge in [-0.15, -0.1) is 8.78 Å². The molecular formula is C18H16F2N2O3. The van der Waals surface area contributed by atoms with Crippen LogP contribution in [0.15, 0.2) is 42.5 Å². The Labute approximate surface area is 143 Å². The third-order valence-corrected chi connectivity index (χ3v) is 4.35. The Morgan fingerprint density at radius 3 is 2.84 bits per heavy atom. The molecule has 7 heteroatoms. The number of halogens is 2. The fourth-order valence-electron chi connectivity index (χ4n) is 3.25. The molecule has 0 saturated carbocycles. The summed E-state index contributed by atoms with van der Waals surface area (Å²) in [7, 11) is 0. The summed E-state index contributed by atoms with van der Waals surface area (Å²) in [5.41, 5.74) is 2.65. The van der Waals surface area contributed by atoms with E-state index >= 15 is 0 Å². The lowest BCUT2D eigenvalue weighted by molar-refractivity contribution is -0.286. The number of anilines is 2. The number of hydrogen-bond donors (Lipinski definition) is 1. The summed E-state index contributed by atoms with van der Waals surface area (Å²) in [6.45, 7) is 2.25. The van der Waals surface area contributed by atoms with E-state index in [9.17, 15) is 13.6 Å². The fraction of sp³-hybridized carbons (Fsp3) is 0.278. The van der Waals surface area contributed by atoms with Gasteiger partial charge in [0.15, 0.2) is 11.5 Å². The van der Waals surface area contributed by atoms with Crippen molar-refractivity contribution in [2.75, 3.05) is 16.8 Å². The Morgan fingerprint density at radius 1 is 1.24 bits per heavy atom. The number of nitrogens with zero attached hydrogens (tertiary/aromatic N) is 1. The fourth-order valence-corrected chi connectivity index (χ4v) is 3.25. The van der Waals surface area contributed by atoms with Gasteiger partial charge in [-0.3, -0.25) is 4.79 Å². The molecule has 130 valence electrons. The number of ether oxygens (including phenoxy) is 2. The zero-order valence-corrected chi connectivity index (χ0v) is 13.5. The maximum atomic E-state index is 13.0. The molecular weight excluding hydrogens is 330 g/mol. The van der Waals surface area contributed by atoms with Gasteiger partial charge in [0.1, 0.15) is 0 Å². The average Bonchev–Trinajstić information content (AvgIpc) is 3.02. The van der Waals surface area contributed by atoms with Crippen molar-refractivity contribution in [3.63, 3.8) is 0 Å². The molecule has 2 aliphatic rings. The molecule has 2 aromatic carbocycles. The van der Waals surface area contributed by atoms with Gasteiger partial charge in [-0.1, -0.05) is 18.2 Å². The first-order valence-electron chi connectivity index (χ1n) is 7.95. The molecule has 2 aromatic rings. The van der Waals surface area contributed by atoms with Gasteiger partial charge in [-0.25, -0.2) is 0 Å². The number of nitrogens with one attached hydrogen (secondary N) is 1. The van der Waals surface area contributed by atoms with Gasteiger partial charge in [0.2, 0.25) is 5.91 Å². The van der Waals surface area contributed by atoms with Crippen molar-refractivity contribution in [3.05, 3.63) is 48.0 Å². The first kappa shape index (κ1) is 15.7. The molecule has 0 aliphatic carbocycles. The summed E-state index contributed by atoms with van der Waals surface area (Å²) in [5.74, 6) is -0.373. The summed E-state index contributed by atoms with van der Waals surface area (Å²) in [5, 5.41) is 2.72. The van der Waals surface area contributed by atoms with Gasteiger partial charge in [0, 0.05) is 23.5 Å². The van der Waals surface area contributed by atoms with Gasteiger partial charge >= 0.3 is 6.29 Å².